The van der Waals surface area contributed by atoms with Gasteiger partial charge in [0, 0.05) is 15.6 Å². The molecule has 84 valence electrons. The summed E-state index contributed by atoms with van der Waals surface area (Å²) in [6.45, 7) is -0.210. The number of rotatable bonds is 1. The Kier molecular flexibility index (Phi) is 2.38. The van der Waals surface area contributed by atoms with Gasteiger partial charge in [-0.05, 0) is 34.2 Å². The molecule has 0 atom stereocenters. The second-order valence-corrected chi connectivity index (χ2v) is 4.97. The Balaban J connectivity index is 2.34. The van der Waals surface area contributed by atoms with Crippen LogP contribution in [0.1, 0.15) is 0 Å². The summed E-state index contributed by atoms with van der Waals surface area (Å²) in [6, 6.07) is 5.85. The minimum absolute atomic E-state index is 0.0673. The number of carbonyl (C=O) groups excluding carboxylic acids is 1. The van der Waals surface area contributed by atoms with Crippen LogP contribution in [0, 0.1) is 0 Å². The van der Waals surface area contributed by atoms with Crippen molar-refractivity contribution in [2.24, 2.45) is 0 Å². The van der Waals surface area contributed by atoms with Gasteiger partial charge in [-0.25, -0.2) is 0 Å². The highest BCUT2D eigenvalue weighted by molar-refractivity contribution is 9.10. The molecular weight excluding hydrogens is 280 g/mol. The third-order valence-corrected chi connectivity index (χ3v) is 3.53. The topological polar surface area (TPSA) is 37.3 Å². The van der Waals surface area contributed by atoms with Crippen molar-refractivity contribution < 1.29 is 9.90 Å². The molecular formula is C14H9BrO2. The van der Waals surface area contributed by atoms with Crippen LogP contribution in [0.4, 0.5) is 0 Å². The van der Waals surface area contributed by atoms with Gasteiger partial charge in [0.05, 0.1) is 6.61 Å². The number of ketones is 1. The molecule has 2 aliphatic carbocycles. The Morgan fingerprint density at radius 3 is 2.82 bits per heavy atom. The van der Waals surface area contributed by atoms with Gasteiger partial charge in [0.25, 0.3) is 0 Å². The monoisotopic (exact) mass is 288 g/mol. The van der Waals surface area contributed by atoms with Crippen LogP contribution in [0.3, 0.4) is 0 Å². The Bertz CT molecular complexity index is 708. The summed E-state index contributed by atoms with van der Waals surface area (Å²) in [5, 5.41) is 11.1. The molecule has 0 saturated carbocycles. The Morgan fingerprint density at radius 1 is 1.24 bits per heavy atom. The minimum atomic E-state index is -0.210. The van der Waals surface area contributed by atoms with Crippen LogP contribution >= 0.6 is 15.9 Å². The quantitative estimate of drug-likeness (QED) is 0.831. The van der Waals surface area contributed by atoms with E-state index in [0.29, 0.717) is 11.1 Å². The highest BCUT2D eigenvalue weighted by Crippen LogP contribution is 2.24. The molecule has 17 heavy (non-hydrogen) atoms. The summed E-state index contributed by atoms with van der Waals surface area (Å²) >= 11 is 3.42. The first-order chi connectivity index (χ1) is 8.20. The lowest BCUT2D eigenvalue weighted by molar-refractivity contribution is -0.111. The van der Waals surface area contributed by atoms with Crippen molar-refractivity contribution in [2.45, 2.75) is 0 Å². The SMILES string of the molecule is O=C1C(CO)=CC=C2C=c3cc(Br)ccc3=C12. The standard InChI is InChI=1S/C14H9BrO2/c15-11-3-4-12-10(6-11)5-8-1-2-9(7-16)14(17)13(8)12/h1-6,16H,7H2. The first-order valence-corrected chi connectivity index (χ1v) is 6.08. The summed E-state index contributed by atoms with van der Waals surface area (Å²) in [5.74, 6) is -0.0673. The molecule has 0 aliphatic heterocycles. The van der Waals surface area contributed by atoms with Crippen molar-refractivity contribution in [3.63, 3.8) is 0 Å². The molecule has 0 saturated heterocycles. The predicted octanol–water partition coefficient (Wildman–Crippen LogP) is 0.822. The molecule has 0 amide bonds. The van der Waals surface area contributed by atoms with Gasteiger partial charge < -0.3 is 5.11 Å². The van der Waals surface area contributed by atoms with E-state index in [1.807, 2.05) is 30.4 Å². The van der Waals surface area contributed by atoms with E-state index < -0.39 is 0 Å². The van der Waals surface area contributed by atoms with Gasteiger partial charge in [-0.3, -0.25) is 4.79 Å². The molecule has 1 aromatic rings. The summed E-state index contributed by atoms with van der Waals surface area (Å²) in [5.41, 5.74) is 2.09. The Morgan fingerprint density at radius 2 is 2.06 bits per heavy atom. The first-order valence-electron chi connectivity index (χ1n) is 5.29. The lowest BCUT2D eigenvalue weighted by Crippen LogP contribution is -2.26. The van der Waals surface area contributed by atoms with E-state index in [1.165, 1.54) is 0 Å². The summed E-state index contributed by atoms with van der Waals surface area (Å²) in [6.07, 6.45) is 5.58. The molecule has 1 aromatic carbocycles. The van der Waals surface area contributed by atoms with Crippen molar-refractivity contribution in [1.29, 1.82) is 0 Å². The zero-order valence-corrected chi connectivity index (χ0v) is 10.5. The van der Waals surface area contributed by atoms with Crippen LogP contribution in [0.25, 0.3) is 11.6 Å². The molecule has 0 spiro atoms. The van der Waals surface area contributed by atoms with Crippen molar-refractivity contribution in [3.05, 3.63) is 56.4 Å². The fourth-order valence-corrected chi connectivity index (χ4v) is 2.59. The maximum Gasteiger partial charge on any atom is 0.192 e. The van der Waals surface area contributed by atoms with Gasteiger partial charge in [0.2, 0.25) is 0 Å². The number of halogens is 1. The van der Waals surface area contributed by atoms with Gasteiger partial charge in [-0.2, -0.15) is 0 Å². The van der Waals surface area contributed by atoms with Gasteiger partial charge in [-0.15, -0.1) is 0 Å². The molecule has 0 bridgehead atoms. The van der Waals surface area contributed by atoms with E-state index in [9.17, 15) is 4.79 Å². The number of hydrogen-bond acceptors (Lipinski definition) is 2. The highest BCUT2D eigenvalue weighted by Gasteiger charge is 2.23. The van der Waals surface area contributed by atoms with Gasteiger partial charge in [-0.1, -0.05) is 34.1 Å². The van der Waals surface area contributed by atoms with E-state index in [-0.39, 0.29) is 12.4 Å². The summed E-state index contributed by atoms with van der Waals surface area (Å²) in [4.78, 5) is 12.1. The van der Waals surface area contributed by atoms with Crippen LogP contribution in [0.2, 0.25) is 0 Å². The molecule has 2 aliphatic rings. The second-order valence-electron chi connectivity index (χ2n) is 4.05. The average Bonchev–Trinajstić information content (AvgIpc) is 2.67. The van der Waals surface area contributed by atoms with Crippen LogP contribution in [0.5, 0.6) is 0 Å². The van der Waals surface area contributed by atoms with Crippen molar-refractivity contribution in [2.75, 3.05) is 6.61 Å². The zero-order valence-electron chi connectivity index (χ0n) is 8.90. The number of aliphatic hydroxyl groups is 1. The average molecular weight is 289 g/mol. The number of allylic oxidation sites excluding steroid dienone is 3. The number of carbonyl (C=O) groups is 1. The van der Waals surface area contributed by atoms with E-state index in [2.05, 4.69) is 15.9 Å². The van der Waals surface area contributed by atoms with E-state index in [0.717, 1.165) is 20.5 Å². The molecule has 3 rings (SSSR count). The molecule has 0 aromatic heterocycles. The smallest absolute Gasteiger partial charge is 0.192 e. The van der Waals surface area contributed by atoms with Gasteiger partial charge in [0.1, 0.15) is 0 Å². The highest BCUT2D eigenvalue weighted by atomic mass is 79.9. The van der Waals surface area contributed by atoms with E-state index >= 15 is 0 Å². The van der Waals surface area contributed by atoms with E-state index in [1.54, 1.807) is 6.08 Å². The number of hydrogen-bond donors (Lipinski definition) is 1. The Hall–Kier alpha value is -1.45. The fraction of sp³-hybridized carbons (Fsp3) is 0.0714. The van der Waals surface area contributed by atoms with Gasteiger partial charge in [0.15, 0.2) is 5.78 Å². The number of benzene rings is 1. The summed E-state index contributed by atoms with van der Waals surface area (Å²) in [7, 11) is 0. The number of aliphatic hydroxyl groups excluding tert-OH is 1. The maximum absolute atomic E-state index is 12.1. The third kappa shape index (κ3) is 1.54. The van der Waals surface area contributed by atoms with Crippen LogP contribution in [-0.2, 0) is 4.79 Å². The van der Waals surface area contributed by atoms with Crippen molar-refractivity contribution in [3.8, 4) is 0 Å². The first kappa shape index (κ1) is 10.7. The van der Waals surface area contributed by atoms with Crippen LogP contribution < -0.4 is 10.4 Å². The summed E-state index contributed by atoms with van der Waals surface area (Å²) < 4.78 is 0.995. The maximum atomic E-state index is 12.1. The van der Waals surface area contributed by atoms with Gasteiger partial charge >= 0.3 is 0 Å². The van der Waals surface area contributed by atoms with Crippen LogP contribution in [-0.4, -0.2) is 17.5 Å². The molecule has 3 heteroatoms. The largest absolute Gasteiger partial charge is 0.392 e. The zero-order chi connectivity index (χ0) is 12.0. The van der Waals surface area contributed by atoms with Crippen LogP contribution in [0.15, 0.2) is 46.0 Å². The molecule has 2 nitrogen and oxygen atoms in total. The van der Waals surface area contributed by atoms with E-state index in [4.69, 9.17) is 5.11 Å². The third-order valence-electron chi connectivity index (χ3n) is 3.04. The normalized spacial score (nSPS) is 17.1. The fourth-order valence-electron chi connectivity index (χ4n) is 2.21. The lowest BCUT2D eigenvalue weighted by atomic mass is 9.93. The number of fused-ring (bicyclic) bond motifs is 2. The second kappa shape index (κ2) is 3.79. The lowest BCUT2D eigenvalue weighted by Gasteiger charge is -2.10. The molecule has 0 radical (unpaired) electrons. The molecule has 0 fully saturated rings. The predicted molar refractivity (Wildman–Crippen MR) is 69.5 cm³/mol. The Labute approximate surface area is 106 Å². The minimum Gasteiger partial charge on any atom is -0.392 e. The van der Waals surface area contributed by atoms with Crippen molar-refractivity contribution in [1.82, 2.24) is 0 Å². The molecule has 0 unspecified atom stereocenters. The molecule has 0 heterocycles. The number of Topliss-reactive ketones (excluding diaryl/α,β-unsaturated/α-hetero) is 1. The van der Waals surface area contributed by atoms with Crippen molar-refractivity contribution >= 4 is 33.4 Å². The molecule has 1 N–H and O–H groups in total.